The molecule has 0 aliphatic rings. The Bertz CT molecular complexity index is 1030. The molecular weight excluding hydrogens is 404 g/mol. The highest BCUT2D eigenvalue weighted by Gasteiger charge is 2.14. The van der Waals surface area contributed by atoms with Gasteiger partial charge in [0, 0.05) is 11.1 Å². The van der Waals surface area contributed by atoms with E-state index in [1.54, 1.807) is 50.2 Å². The molecule has 164 valence electrons. The number of hydrazone groups is 1. The third-order valence-electron chi connectivity index (χ3n) is 4.61. The van der Waals surface area contributed by atoms with Gasteiger partial charge in [0.25, 0.3) is 0 Å². The first-order chi connectivity index (χ1) is 15.6. The Kier molecular flexibility index (Phi) is 8.15. The first kappa shape index (κ1) is 22.7. The second kappa shape index (κ2) is 11.5. The molecule has 0 aromatic heterocycles. The van der Waals surface area contributed by atoms with E-state index >= 15 is 0 Å². The van der Waals surface area contributed by atoms with Crippen LogP contribution in [0, 0.1) is 0 Å². The highest BCUT2D eigenvalue weighted by Crippen LogP contribution is 2.16. The summed E-state index contributed by atoms with van der Waals surface area (Å²) >= 11 is 0. The van der Waals surface area contributed by atoms with Gasteiger partial charge in [-0.15, -0.1) is 0 Å². The molecule has 0 saturated heterocycles. The predicted octanol–water partition coefficient (Wildman–Crippen LogP) is 4.58. The zero-order valence-electron chi connectivity index (χ0n) is 18.2. The van der Waals surface area contributed by atoms with Gasteiger partial charge in [0.1, 0.15) is 0 Å². The first-order valence-electron chi connectivity index (χ1n) is 10.5. The number of carbonyl (C=O) groups excluding carboxylic acids is 2. The van der Waals surface area contributed by atoms with Crippen LogP contribution < -0.4 is 5.43 Å². The van der Waals surface area contributed by atoms with Gasteiger partial charge in [-0.3, -0.25) is 0 Å². The summed E-state index contributed by atoms with van der Waals surface area (Å²) in [6.07, 6.45) is 0. The van der Waals surface area contributed by atoms with E-state index < -0.39 is 11.9 Å². The van der Waals surface area contributed by atoms with Crippen molar-refractivity contribution in [1.29, 1.82) is 0 Å². The molecule has 0 radical (unpaired) electrons. The van der Waals surface area contributed by atoms with E-state index in [9.17, 15) is 9.59 Å². The van der Waals surface area contributed by atoms with Gasteiger partial charge < -0.3 is 14.9 Å². The predicted molar refractivity (Wildman–Crippen MR) is 124 cm³/mol. The van der Waals surface area contributed by atoms with Gasteiger partial charge in [0.05, 0.1) is 36.6 Å². The molecule has 0 bridgehead atoms. The van der Waals surface area contributed by atoms with Crippen molar-refractivity contribution in [3.63, 3.8) is 0 Å². The standard InChI is InChI=1S/C26H26N2O4/c1-3-31-25(29)22-14-8-12-20(16-22)24(28-27-18-19-10-6-5-7-11-19)21-13-9-15-23(17-21)26(30)32-4-2/h5-17,27H,3-4,18H2,1-2H3. The lowest BCUT2D eigenvalue weighted by molar-refractivity contribution is 0.0517. The first-order valence-corrected chi connectivity index (χ1v) is 10.5. The molecule has 6 nitrogen and oxygen atoms in total. The Labute approximate surface area is 187 Å². The SMILES string of the molecule is CCOC(=O)c1cccc(C(=NNCc2ccccc2)c2cccc(C(=O)OCC)c2)c1. The van der Waals surface area contributed by atoms with Gasteiger partial charge in [-0.2, -0.15) is 5.10 Å². The molecule has 32 heavy (non-hydrogen) atoms. The molecule has 6 heteroatoms. The molecule has 3 aromatic carbocycles. The minimum Gasteiger partial charge on any atom is -0.462 e. The van der Waals surface area contributed by atoms with Crippen LogP contribution >= 0.6 is 0 Å². The number of hydrogen-bond acceptors (Lipinski definition) is 6. The van der Waals surface area contributed by atoms with E-state index in [2.05, 4.69) is 10.5 Å². The van der Waals surface area contributed by atoms with Crippen molar-refractivity contribution in [1.82, 2.24) is 5.43 Å². The fraction of sp³-hybridized carbons (Fsp3) is 0.192. The van der Waals surface area contributed by atoms with Gasteiger partial charge in [-0.1, -0.05) is 54.6 Å². The van der Waals surface area contributed by atoms with Crippen molar-refractivity contribution < 1.29 is 19.1 Å². The van der Waals surface area contributed by atoms with Crippen LogP contribution in [0.25, 0.3) is 0 Å². The number of benzene rings is 3. The second-order valence-corrected chi connectivity index (χ2v) is 6.88. The van der Waals surface area contributed by atoms with E-state index in [1.807, 2.05) is 42.5 Å². The Morgan fingerprint density at radius 1 is 0.719 bits per heavy atom. The normalized spacial score (nSPS) is 10.2. The lowest BCUT2D eigenvalue weighted by Crippen LogP contribution is -2.14. The van der Waals surface area contributed by atoms with E-state index in [1.165, 1.54) is 0 Å². The minimum atomic E-state index is -0.397. The molecule has 1 N–H and O–H groups in total. The smallest absolute Gasteiger partial charge is 0.338 e. The Hall–Kier alpha value is -3.93. The third kappa shape index (κ3) is 6.04. The third-order valence-corrected chi connectivity index (χ3v) is 4.61. The summed E-state index contributed by atoms with van der Waals surface area (Å²) in [5.41, 5.74) is 7.08. The van der Waals surface area contributed by atoms with E-state index in [0.29, 0.717) is 36.6 Å². The number of rotatable bonds is 9. The summed E-state index contributed by atoms with van der Waals surface area (Å²) in [5, 5.41) is 4.61. The molecule has 0 aliphatic heterocycles. The molecule has 0 atom stereocenters. The summed E-state index contributed by atoms with van der Waals surface area (Å²) in [5.74, 6) is -0.794. The van der Waals surface area contributed by atoms with Crippen molar-refractivity contribution >= 4 is 17.7 Å². The van der Waals surface area contributed by atoms with Crippen molar-refractivity contribution in [2.24, 2.45) is 5.10 Å². The quantitative estimate of drug-likeness (QED) is 0.305. The summed E-state index contributed by atoms with van der Waals surface area (Å²) in [6.45, 7) is 4.65. The molecule has 3 rings (SSSR count). The average molecular weight is 431 g/mol. The summed E-state index contributed by atoms with van der Waals surface area (Å²) in [6, 6.07) is 24.1. The lowest BCUT2D eigenvalue weighted by Gasteiger charge is -2.11. The van der Waals surface area contributed by atoms with Crippen molar-refractivity contribution in [2.45, 2.75) is 20.4 Å². The summed E-state index contributed by atoms with van der Waals surface area (Å²) < 4.78 is 10.3. The fourth-order valence-corrected chi connectivity index (χ4v) is 3.12. The molecule has 0 spiro atoms. The van der Waals surface area contributed by atoms with Gasteiger partial charge in [0.2, 0.25) is 0 Å². The van der Waals surface area contributed by atoms with Crippen LogP contribution in [-0.2, 0) is 16.0 Å². The number of carbonyl (C=O) groups is 2. The summed E-state index contributed by atoms with van der Waals surface area (Å²) in [7, 11) is 0. The molecule has 0 fully saturated rings. The lowest BCUT2D eigenvalue weighted by atomic mass is 9.99. The zero-order valence-corrected chi connectivity index (χ0v) is 18.2. The molecule has 3 aromatic rings. The molecule has 0 saturated carbocycles. The number of ether oxygens (including phenoxy) is 2. The number of nitrogens with zero attached hydrogens (tertiary/aromatic N) is 1. The van der Waals surface area contributed by atoms with E-state index in [-0.39, 0.29) is 0 Å². The van der Waals surface area contributed by atoms with E-state index in [0.717, 1.165) is 16.7 Å². The van der Waals surface area contributed by atoms with Gasteiger partial charge in [-0.05, 0) is 43.7 Å². The van der Waals surface area contributed by atoms with Gasteiger partial charge in [-0.25, -0.2) is 9.59 Å². The maximum absolute atomic E-state index is 12.2. The highest BCUT2D eigenvalue weighted by molar-refractivity contribution is 6.14. The Morgan fingerprint density at radius 2 is 1.22 bits per heavy atom. The van der Waals surface area contributed by atoms with Crippen LogP contribution in [0.15, 0.2) is 84.0 Å². The zero-order chi connectivity index (χ0) is 22.8. The van der Waals surface area contributed by atoms with E-state index in [4.69, 9.17) is 9.47 Å². The van der Waals surface area contributed by atoms with Crippen LogP contribution in [0.1, 0.15) is 51.3 Å². The maximum Gasteiger partial charge on any atom is 0.338 e. The van der Waals surface area contributed by atoms with Gasteiger partial charge >= 0.3 is 11.9 Å². The molecule has 0 unspecified atom stereocenters. The van der Waals surface area contributed by atoms with Crippen LogP contribution in [0.2, 0.25) is 0 Å². The topological polar surface area (TPSA) is 77.0 Å². The Balaban J connectivity index is 1.98. The molecular formula is C26H26N2O4. The van der Waals surface area contributed by atoms with Gasteiger partial charge in [0.15, 0.2) is 0 Å². The molecule has 0 heterocycles. The molecule has 0 aliphatic carbocycles. The van der Waals surface area contributed by atoms with Crippen LogP contribution in [-0.4, -0.2) is 30.9 Å². The average Bonchev–Trinajstić information content (AvgIpc) is 2.83. The minimum absolute atomic E-state index is 0.296. The molecule has 0 amide bonds. The second-order valence-electron chi connectivity index (χ2n) is 6.88. The highest BCUT2D eigenvalue weighted by atomic mass is 16.5. The fourth-order valence-electron chi connectivity index (χ4n) is 3.12. The van der Waals surface area contributed by atoms with Crippen molar-refractivity contribution in [3.05, 3.63) is 107 Å². The number of nitrogens with one attached hydrogen (secondary N) is 1. The van der Waals surface area contributed by atoms with Crippen LogP contribution in [0.3, 0.4) is 0 Å². The summed E-state index contributed by atoms with van der Waals surface area (Å²) in [4.78, 5) is 24.5. The number of hydrogen-bond donors (Lipinski definition) is 1. The Morgan fingerprint density at radius 3 is 1.72 bits per heavy atom. The largest absolute Gasteiger partial charge is 0.462 e. The van der Waals surface area contributed by atoms with Crippen LogP contribution in [0.5, 0.6) is 0 Å². The van der Waals surface area contributed by atoms with Crippen LogP contribution in [0.4, 0.5) is 0 Å². The number of esters is 2. The maximum atomic E-state index is 12.2. The monoisotopic (exact) mass is 430 g/mol. The van der Waals surface area contributed by atoms with Crippen molar-refractivity contribution in [2.75, 3.05) is 13.2 Å². The van der Waals surface area contributed by atoms with Crippen molar-refractivity contribution in [3.8, 4) is 0 Å².